The summed E-state index contributed by atoms with van der Waals surface area (Å²) in [6, 6.07) is 7.66. The topological polar surface area (TPSA) is 55.8 Å². The molecule has 25 heavy (non-hydrogen) atoms. The largest absolute Gasteiger partial charge is 0.493 e. The third kappa shape index (κ3) is 5.62. The number of nitrogens with zero attached hydrogens (tertiary/aromatic N) is 1. The minimum Gasteiger partial charge on any atom is -0.493 e. The van der Waals surface area contributed by atoms with Gasteiger partial charge in [0.1, 0.15) is 5.75 Å². The molecule has 5 nitrogen and oxygen atoms in total. The lowest BCUT2D eigenvalue weighted by Crippen LogP contribution is -2.42. The van der Waals surface area contributed by atoms with Crippen molar-refractivity contribution in [2.45, 2.75) is 33.1 Å². The van der Waals surface area contributed by atoms with Crippen LogP contribution in [-0.2, 0) is 14.3 Å². The molecule has 1 fully saturated rings. The maximum Gasteiger partial charge on any atom is 0.310 e. The van der Waals surface area contributed by atoms with Crippen molar-refractivity contribution >= 4 is 18.0 Å². The fraction of sp³-hybridized carbons (Fsp3) is 0.500. The Morgan fingerprint density at radius 2 is 2.08 bits per heavy atom. The fourth-order valence-electron chi connectivity index (χ4n) is 2.86. The number of carbonyl (C=O) groups excluding carboxylic acids is 2. The van der Waals surface area contributed by atoms with Crippen LogP contribution < -0.4 is 4.74 Å². The molecule has 0 saturated carbocycles. The minimum atomic E-state index is -0.216. The molecule has 0 radical (unpaired) electrons. The van der Waals surface area contributed by atoms with Gasteiger partial charge in [-0.3, -0.25) is 9.59 Å². The predicted molar refractivity (Wildman–Crippen MR) is 97.2 cm³/mol. The smallest absolute Gasteiger partial charge is 0.310 e. The van der Waals surface area contributed by atoms with Crippen LogP contribution in [0.25, 0.3) is 6.08 Å². The van der Waals surface area contributed by atoms with Crippen LogP contribution >= 0.6 is 0 Å². The van der Waals surface area contributed by atoms with Gasteiger partial charge < -0.3 is 14.4 Å². The second-order valence-electron chi connectivity index (χ2n) is 6.10. The van der Waals surface area contributed by atoms with Crippen molar-refractivity contribution in [1.82, 2.24) is 4.90 Å². The van der Waals surface area contributed by atoms with E-state index in [0.29, 0.717) is 26.3 Å². The first-order valence-electron chi connectivity index (χ1n) is 9.01. The van der Waals surface area contributed by atoms with Gasteiger partial charge >= 0.3 is 5.97 Å². The molecular weight excluding hydrogens is 318 g/mol. The Morgan fingerprint density at radius 1 is 1.28 bits per heavy atom. The summed E-state index contributed by atoms with van der Waals surface area (Å²) >= 11 is 0. The summed E-state index contributed by atoms with van der Waals surface area (Å²) in [4.78, 5) is 26.1. The van der Waals surface area contributed by atoms with E-state index in [9.17, 15) is 9.59 Å². The quantitative estimate of drug-likeness (QED) is 0.562. The number of amides is 1. The van der Waals surface area contributed by atoms with Crippen molar-refractivity contribution in [3.05, 3.63) is 35.9 Å². The van der Waals surface area contributed by atoms with Crippen LogP contribution in [0, 0.1) is 5.92 Å². The summed E-state index contributed by atoms with van der Waals surface area (Å²) < 4.78 is 10.8. The van der Waals surface area contributed by atoms with Crippen LogP contribution in [0.4, 0.5) is 0 Å². The Bertz CT molecular complexity index is 611. The highest BCUT2D eigenvalue weighted by Gasteiger charge is 2.28. The van der Waals surface area contributed by atoms with E-state index in [1.807, 2.05) is 24.3 Å². The molecule has 1 aliphatic rings. The summed E-state index contributed by atoms with van der Waals surface area (Å²) in [6.07, 6.45) is 5.86. The van der Waals surface area contributed by atoms with Gasteiger partial charge in [-0.15, -0.1) is 0 Å². The second kappa shape index (κ2) is 9.87. The van der Waals surface area contributed by atoms with E-state index in [1.165, 1.54) is 0 Å². The molecule has 2 rings (SSSR count). The van der Waals surface area contributed by atoms with E-state index < -0.39 is 0 Å². The van der Waals surface area contributed by atoms with Crippen molar-refractivity contribution in [1.29, 1.82) is 0 Å². The molecule has 1 aliphatic heterocycles. The molecule has 0 aliphatic carbocycles. The van der Waals surface area contributed by atoms with Gasteiger partial charge in [-0.2, -0.15) is 0 Å². The van der Waals surface area contributed by atoms with Gasteiger partial charge in [0.05, 0.1) is 19.1 Å². The van der Waals surface area contributed by atoms with Gasteiger partial charge in [-0.1, -0.05) is 25.1 Å². The number of rotatable bonds is 7. The SMILES string of the molecule is CCCOc1ccccc1/C=C/C(=O)N1CCCC(C(=O)OCC)C1. The highest BCUT2D eigenvalue weighted by atomic mass is 16.5. The Morgan fingerprint density at radius 3 is 2.84 bits per heavy atom. The Hall–Kier alpha value is -2.30. The van der Waals surface area contributed by atoms with E-state index in [1.54, 1.807) is 24.0 Å². The zero-order chi connectivity index (χ0) is 18.1. The molecule has 1 aromatic rings. The minimum absolute atomic E-state index is 0.0840. The molecule has 1 unspecified atom stereocenters. The van der Waals surface area contributed by atoms with Crippen LogP contribution in [-0.4, -0.2) is 43.1 Å². The lowest BCUT2D eigenvalue weighted by molar-refractivity contribution is -0.150. The Labute approximate surface area is 149 Å². The molecule has 1 amide bonds. The number of para-hydroxylation sites is 1. The lowest BCUT2D eigenvalue weighted by atomic mass is 9.98. The highest BCUT2D eigenvalue weighted by Crippen LogP contribution is 2.21. The van der Waals surface area contributed by atoms with Crippen molar-refractivity contribution < 1.29 is 19.1 Å². The lowest BCUT2D eigenvalue weighted by Gasteiger charge is -2.30. The molecule has 5 heteroatoms. The monoisotopic (exact) mass is 345 g/mol. The van der Waals surface area contributed by atoms with Crippen LogP contribution in [0.1, 0.15) is 38.7 Å². The zero-order valence-corrected chi connectivity index (χ0v) is 15.1. The Kier molecular flexibility index (Phi) is 7.51. The first-order chi connectivity index (χ1) is 12.2. The summed E-state index contributed by atoms with van der Waals surface area (Å²) in [5.41, 5.74) is 0.878. The van der Waals surface area contributed by atoms with Crippen LogP contribution in [0.2, 0.25) is 0 Å². The third-order valence-corrected chi connectivity index (χ3v) is 4.14. The van der Waals surface area contributed by atoms with Crippen LogP contribution in [0.5, 0.6) is 5.75 Å². The van der Waals surface area contributed by atoms with Gasteiger partial charge in [0.25, 0.3) is 0 Å². The number of carbonyl (C=O) groups is 2. The molecule has 1 atom stereocenters. The van der Waals surface area contributed by atoms with E-state index in [4.69, 9.17) is 9.47 Å². The molecule has 1 heterocycles. The third-order valence-electron chi connectivity index (χ3n) is 4.14. The van der Waals surface area contributed by atoms with Gasteiger partial charge in [-0.05, 0) is 38.3 Å². The summed E-state index contributed by atoms with van der Waals surface area (Å²) in [7, 11) is 0. The summed E-state index contributed by atoms with van der Waals surface area (Å²) in [5, 5.41) is 0. The number of ether oxygens (including phenoxy) is 2. The number of benzene rings is 1. The first kappa shape index (κ1) is 19.0. The fourth-order valence-corrected chi connectivity index (χ4v) is 2.86. The van der Waals surface area contributed by atoms with Gasteiger partial charge in [-0.25, -0.2) is 0 Å². The van der Waals surface area contributed by atoms with E-state index >= 15 is 0 Å². The standard InChI is InChI=1S/C20H27NO4/c1-3-14-25-18-10-6-5-8-16(18)11-12-19(22)21-13-7-9-17(15-21)20(23)24-4-2/h5-6,8,10-12,17H,3-4,7,9,13-15H2,1-2H3/b12-11+. The van der Waals surface area contributed by atoms with Crippen LogP contribution in [0.15, 0.2) is 30.3 Å². The molecule has 0 N–H and O–H groups in total. The number of hydrogen-bond acceptors (Lipinski definition) is 4. The average molecular weight is 345 g/mol. The van der Waals surface area contributed by atoms with E-state index in [2.05, 4.69) is 6.92 Å². The average Bonchev–Trinajstić information content (AvgIpc) is 2.65. The molecule has 136 valence electrons. The second-order valence-corrected chi connectivity index (χ2v) is 6.10. The molecule has 1 saturated heterocycles. The molecule has 1 aromatic carbocycles. The zero-order valence-electron chi connectivity index (χ0n) is 15.1. The number of esters is 1. The number of likely N-dealkylation sites (tertiary alicyclic amines) is 1. The number of hydrogen-bond donors (Lipinski definition) is 0. The first-order valence-corrected chi connectivity index (χ1v) is 9.01. The predicted octanol–water partition coefficient (Wildman–Crippen LogP) is 3.29. The molecule has 0 bridgehead atoms. The summed E-state index contributed by atoms with van der Waals surface area (Å²) in [5.74, 6) is 0.268. The molecular formula is C20H27NO4. The summed E-state index contributed by atoms with van der Waals surface area (Å²) in [6.45, 7) is 5.97. The van der Waals surface area contributed by atoms with Crippen molar-refractivity contribution in [3.63, 3.8) is 0 Å². The Balaban J connectivity index is 1.99. The van der Waals surface area contributed by atoms with Gasteiger partial charge in [0, 0.05) is 24.7 Å². The normalized spacial score (nSPS) is 17.5. The van der Waals surface area contributed by atoms with Crippen molar-refractivity contribution in [3.8, 4) is 5.75 Å². The van der Waals surface area contributed by atoms with Crippen molar-refractivity contribution in [2.75, 3.05) is 26.3 Å². The maximum atomic E-state index is 12.5. The maximum absolute atomic E-state index is 12.5. The van der Waals surface area contributed by atoms with E-state index in [-0.39, 0.29) is 17.8 Å². The van der Waals surface area contributed by atoms with Crippen LogP contribution in [0.3, 0.4) is 0 Å². The molecule has 0 spiro atoms. The van der Waals surface area contributed by atoms with Crippen molar-refractivity contribution in [2.24, 2.45) is 5.92 Å². The van der Waals surface area contributed by atoms with Gasteiger partial charge in [0.2, 0.25) is 5.91 Å². The van der Waals surface area contributed by atoms with Gasteiger partial charge in [0.15, 0.2) is 0 Å². The molecule has 0 aromatic heterocycles. The number of piperidine rings is 1. The highest BCUT2D eigenvalue weighted by molar-refractivity contribution is 5.92. The van der Waals surface area contributed by atoms with E-state index in [0.717, 1.165) is 30.6 Å².